The van der Waals surface area contributed by atoms with Crippen LogP contribution in [0.25, 0.3) is 0 Å². The molecule has 2 aromatic carbocycles. The van der Waals surface area contributed by atoms with Gasteiger partial charge in [0, 0.05) is 19.8 Å². The lowest BCUT2D eigenvalue weighted by molar-refractivity contribution is 0.282. The van der Waals surface area contributed by atoms with Crippen molar-refractivity contribution < 1.29 is 13.5 Å². The molecule has 2 rings (SSSR count). The number of anilines is 1. The van der Waals surface area contributed by atoms with Gasteiger partial charge in [-0.25, -0.2) is 8.42 Å². The fourth-order valence-corrected chi connectivity index (χ4v) is 4.18. The van der Waals surface area contributed by atoms with E-state index in [1.165, 1.54) is 12.1 Å². The molecule has 0 aliphatic rings. The van der Waals surface area contributed by atoms with Gasteiger partial charge < -0.3 is 5.11 Å². The number of sulfonamides is 1. The van der Waals surface area contributed by atoms with Gasteiger partial charge in [-0.05, 0) is 52.9 Å². The van der Waals surface area contributed by atoms with Crippen molar-refractivity contribution in [1.82, 2.24) is 0 Å². The fraction of sp³-hybridized carbons (Fsp3) is 0.0769. The van der Waals surface area contributed by atoms with Gasteiger partial charge in [-0.15, -0.1) is 0 Å². The predicted octanol–water partition coefficient (Wildman–Crippen LogP) is 3.89. The maximum absolute atomic E-state index is 12.4. The molecule has 0 fully saturated rings. The van der Waals surface area contributed by atoms with Crippen molar-refractivity contribution in [3.05, 3.63) is 55.6 Å². The van der Waals surface area contributed by atoms with Crippen LogP contribution in [0.1, 0.15) is 5.56 Å². The van der Waals surface area contributed by atoms with E-state index in [2.05, 4.69) is 27.3 Å². The van der Waals surface area contributed by atoms with Crippen molar-refractivity contribution >= 4 is 61.5 Å². The second-order valence-electron chi connectivity index (χ2n) is 4.11. The standard InChI is InChI=1S/C13H10Cl2INO3S/c14-11-4-5-12(13(15)10(11)7-18)21(19,20)17-9-3-1-2-8(16)6-9/h1-6,17-18H,7H2. The zero-order valence-electron chi connectivity index (χ0n) is 10.5. The van der Waals surface area contributed by atoms with E-state index in [4.69, 9.17) is 23.2 Å². The molecule has 0 bridgehead atoms. The zero-order valence-corrected chi connectivity index (χ0v) is 15.0. The van der Waals surface area contributed by atoms with Crippen LogP contribution < -0.4 is 4.72 Å². The number of hydrogen-bond donors (Lipinski definition) is 2. The second-order valence-corrected chi connectivity index (χ2v) is 7.79. The van der Waals surface area contributed by atoms with Crippen LogP contribution in [-0.2, 0) is 16.6 Å². The summed E-state index contributed by atoms with van der Waals surface area (Å²) in [6.07, 6.45) is 0. The molecular formula is C13H10Cl2INO3S. The van der Waals surface area contributed by atoms with Gasteiger partial charge in [0.2, 0.25) is 0 Å². The van der Waals surface area contributed by atoms with Crippen LogP contribution in [0.15, 0.2) is 41.3 Å². The van der Waals surface area contributed by atoms with E-state index in [1.807, 2.05) is 6.07 Å². The summed E-state index contributed by atoms with van der Waals surface area (Å²) in [7, 11) is -3.87. The highest BCUT2D eigenvalue weighted by Crippen LogP contribution is 2.32. The Hall–Kier alpha value is -0.540. The quantitative estimate of drug-likeness (QED) is 0.684. The molecule has 0 aliphatic heterocycles. The van der Waals surface area contributed by atoms with Gasteiger partial charge in [0.15, 0.2) is 0 Å². The van der Waals surface area contributed by atoms with Crippen LogP contribution in [0.3, 0.4) is 0 Å². The maximum Gasteiger partial charge on any atom is 0.263 e. The molecule has 0 saturated carbocycles. The average Bonchev–Trinajstić information content (AvgIpc) is 2.38. The smallest absolute Gasteiger partial charge is 0.263 e. The van der Waals surface area contributed by atoms with Crippen LogP contribution in [0.2, 0.25) is 10.0 Å². The first-order chi connectivity index (χ1) is 9.85. The molecule has 0 aromatic heterocycles. The minimum absolute atomic E-state index is 0.0804. The van der Waals surface area contributed by atoms with Gasteiger partial charge in [0.25, 0.3) is 10.0 Å². The minimum atomic E-state index is -3.87. The Morgan fingerprint density at radius 3 is 2.52 bits per heavy atom. The second kappa shape index (κ2) is 6.70. The van der Waals surface area contributed by atoms with E-state index < -0.39 is 16.6 Å². The van der Waals surface area contributed by atoms with E-state index in [1.54, 1.807) is 18.2 Å². The fourth-order valence-electron chi connectivity index (χ4n) is 1.69. The number of aliphatic hydroxyl groups is 1. The van der Waals surface area contributed by atoms with E-state index in [0.29, 0.717) is 5.69 Å². The van der Waals surface area contributed by atoms with E-state index in [0.717, 1.165) is 3.57 Å². The molecule has 112 valence electrons. The van der Waals surface area contributed by atoms with Crippen molar-refractivity contribution in [3.8, 4) is 0 Å². The third-order valence-electron chi connectivity index (χ3n) is 2.68. The van der Waals surface area contributed by atoms with E-state index in [9.17, 15) is 13.5 Å². The monoisotopic (exact) mass is 457 g/mol. The lowest BCUT2D eigenvalue weighted by atomic mass is 10.2. The first-order valence-electron chi connectivity index (χ1n) is 5.71. The number of nitrogens with one attached hydrogen (secondary N) is 1. The van der Waals surface area contributed by atoms with Gasteiger partial charge >= 0.3 is 0 Å². The van der Waals surface area contributed by atoms with Gasteiger partial charge in [-0.3, -0.25) is 4.72 Å². The Labute approximate surface area is 146 Å². The van der Waals surface area contributed by atoms with Crippen molar-refractivity contribution in [2.24, 2.45) is 0 Å². The molecule has 2 aromatic rings. The van der Waals surface area contributed by atoms with Crippen LogP contribution in [0.5, 0.6) is 0 Å². The predicted molar refractivity (Wildman–Crippen MR) is 92.4 cm³/mol. The summed E-state index contributed by atoms with van der Waals surface area (Å²) >= 11 is 14.0. The topological polar surface area (TPSA) is 66.4 Å². The molecule has 0 saturated heterocycles. The summed E-state index contributed by atoms with van der Waals surface area (Å²) in [6, 6.07) is 9.60. The van der Waals surface area contributed by atoms with Crippen molar-refractivity contribution in [3.63, 3.8) is 0 Å². The molecule has 0 spiro atoms. The van der Waals surface area contributed by atoms with Gasteiger partial charge in [-0.2, -0.15) is 0 Å². The van der Waals surface area contributed by atoms with Gasteiger partial charge in [-0.1, -0.05) is 29.3 Å². The first-order valence-corrected chi connectivity index (χ1v) is 9.03. The molecule has 2 N–H and O–H groups in total. The Morgan fingerprint density at radius 1 is 1.19 bits per heavy atom. The molecule has 0 heterocycles. The molecule has 4 nitrogen and oxygen atoms in total. The number of rotatable bonds is 4. The van der Waals surface area contributed by atoms with Crippen molar-refractivity contribution in [1.29, 1.82) is 0 Å². The lowest BCUT2D eigenvalue weighted by Crippen LogP contribution is -2.14. The maximum atomic E-state index is 12.4. The largest absolute Gasteiger partial charge is 0.392 e. The number of aliphatic hydroxyl groups excluding tert-OH is 1. The van der Waals surface area contributed by atoms with E-state index >= 15 is 0 Å². The van der Waals surface area contributed by atoms with Crippen LogP contribution >= 0.6 is 45.8 Å². The molecule has 0 radical (unpaired) electrons. The minimum Gasteiger partial charge on any atom is -0.392 e. The van der Waals surface area contributed by atoms with Gasteiger partial charge in [0.05, 0.1) is 11.6 Å². The summed E-state index contributed by atoms with van der Waals surface area (Å²) in [4.78, 5) is -0.128. The number of hydrogen-bond acceptors (Lipinski definition) is 3. The highest BCUT2D eigenvalue weighted by atomic mass is 127. The Bertz CT molecular complexity index is 781. The Morgan fingerprint density at radius 2 is 1.90 bits per heavy atom. The summed E-state index contributed by atoms with van der Waals surface area (Å²) < 4.78 is 28.1. The van der Waals surface area contributed by atoms with Crippen LogP contribution in [-0.4, -0.2) is 13.5 Å². The molecule has 0 unspecified atom stereocenters. The summed E-state index contributed by atoms with van der Waals surface area (Å²) in [5.74, 6) is 0. The average molecular weight is 458 g/mol. The SMILES string of the molecule is O=S(=O)(Nc1cccc(I)c1)c1ccc(Cl)c(CO)c1Cl. The summed E-state index contributed by atoms with van der Waals surface area (Å²) in [6.45, 7) is -0.440. The zero-order chi connectivity index (χ0) is 15.6. The molecule has 0 atom stereocenters. The Balaban J connectivity index is 2.45. The lowest BCUT2D eigenvalue weighted by Gasteiger charge is -2.12. The summed E-state index contributed by atoms with van der Waals surface area (Å²) in [5, 5.41) is 9.37. The highest BCUT2D eigenvalue weighted by molar-refractivity contribution is 14.1. The van der Waals surface area contributed by atoms with Crippen LogP contribution in [0.4, 0.5) is 5.69 Å². The molecule has 0 amide bonds. The molecule has 21 heavy (non-hydrogen) atoms. The summed E-state index contributed by atoms with van der Waals surface area (Å²) in [5.41, 5.74) is 0.613. The normalized spacial score (nSPS) is 11.4. The third-order valence-corrected chi connectivity index (χ3v) is 5.67. The van der Waals surface area contributed by atoms with Crippen molar-refractivity contribution in [2.45, 2.75) is 11.5 Å². The first kappa shape index (κ1) is 16.8. The van der Waals surface area contributed by atoms with Gasteiger partial charge in [0.1, 0.15) is 4.90 Å². The number of benzene rings is 2. The van der Waals surface area contributed by atoms with Crippen molar-refractivity contribution in [2.75, 3.05) is 4.72 Å². The highest BCUT2D eigenvalue weighted by Gasteiger charge is 2.21. The molecular weight excluding hydrogens is 448 g/mol. The molecule has 8 heteroatoms. The van der Waals surface area contributed by atoms with E-state index in [-0.39, 0.29) is 20.5 Å². The number of halogens is 3. The third kappa shape index (κ3) is 3.81. The van der Waals surface area contributed by atoms with Crippen LogP contribution in [0, 0.1) is 3.57 Å². The molecule has 0 aliphatic carbocycles. The Kier molecular flexibility index (Phi) is 5.37.